The third-order valence-electron chi connectivity index (χ3n) is 6.59. The molecule has 39 heavy (non-hydrogen) atoms. The molecule has 196 valence electrons. The van der Waals surface area contributed by atoms with Crippen LogP contribution in [0.4, 0.5) is 5.69 Å². The molecule has 8 nitrogen and oxygen atoms in total. The molecule has 4 aromatic rings. The molecule has 3 aromatic carbocycles. The number of hydrogen-bond donors (Lipinski definition) is 1. The second-order valence-electron chi connectivity index (χ2n) is 9.08. The van der Waals surface area contributed by atoms with E-state index >= 15 is 0 Å². The number of rotatable bonds is 5. The number of amides is 1. The van der Waals surface area contributed by atoms with Crippen LogP contribution in [-0.2, 0) is 4.79 Å². The van der Waals surface area contributed by atoms with Gasteiger partial charge in [-0.2, -0.15) is 0 Å². The monoisotopic (exact) mass is 539 g/mol. The van der Waals surface area contributed by atoms with Gasteiger partial charge in [0.05, 0.1) is 29.0 Å². The molecule has 1 N–H and O–H groups in total. The Bertz CT molecular complexity index is 1770. The predicted octanol–water partition coefficient (Wildman–Crippen LogP) is 3.65. The Morgan fingerprint density at radius 1 is 1.05 bits per heavy atom. The zero-order valence-corrected chi connectivity index (χ0v) is 22.2. The molecule has 0 radical (unpaired) electrons. The van der Waals surface area contributed by atoms with E-state index in [4.69, 9.17) is 19.2 Å². The number of ether oxygens (including phenoxy) is 3. The molecule has 0 fully saturated rings. The number of thiazole rings is 1. The molecule has 0 spiro atoms. The molecule has 6 rings (SSSR count). The largest absolute Gasteiger partial charge is 0.497 e. The number of para-hydroxylation sites is 1. The normalized spacial score (nSPS) is 16.4. The second-order valence-corrected chi connectivity index (χ2v) is 10.1. The zero-order valence-electron chi connectivity index (χ0n) is 21.3. The lowest BCUT2D eigenvalue weighted by atomic mass is 9.95. The predicted molar refractivity (Wildman–Crippen MR) is 149 cm³/mol. The van der Waals surface area contributed by atoms with Crippen molar-refractivity contribution in [1.82, 2.24) is 4.57 Å². The van der Waals surface area contributed by atoms with Gasteiger partial charge < -0.3 is 19.5 Å². The van der Waals surface area contributed by atoms with Gasteiger partial charge in [-0.05, 0) is 60.5 Å². The van der Waals surface area contributed by atoms with Crippen LogP contribution < -0.4 is 34.4 Å². The summed E-state index contributed by atoms with van der Waals surface area (Å²) in [5.74, 6) is 1.70. The lowest BCUT2D eigenvalue weighted by Crippen LogP contribution is -2.40. The number of aromatic nitrogens is 1. The van der Waals surface area contributed by atoms with E-state index in [9.17, 15) is 9.59 Å². The fourth-order valence-corrected chi connectivity index (χ4v) is 5.78. The van der Waals surface area contributed by atoms with E-state index in [0.717, 1.165) is 11.1 Å². The molecule has 1 aromatic heterocycles. The minimum atomic E-state index is -0.668. The van der Waals surface area contributed by atoms with Crippen molar-refractivity contribution in [3.05, 3.63) is 115 Å². The van der Waals surface area contributed by atoms with E-state index in [1.165, 1.54) is 11.3 Å². The molecular weight excluding hydrogens is 514 g/mol. The number of carbonyl (C=O) groups is 1. The highest BCUT2D eigenvalue weighted by molar-refractivity contribution is 7.07. The SMILES string of the molecule is COc1ccc([C@H]2C(C(=O)Nc3ccccc3)=C(C)N=c3s/c(=C/c4ccc5c(c4)OCCO5)c(=O)n32)cc1. The lowest BCUT2D eigenvalue weighted by Gasteiger charge is -2.25. The first-order chi connectivity index (χ1) is 19.0. The highest BCUT2D eigenvalue weighted by Gasteiger charge is 2.32. The van der Waals surface area contributed by atoms with E-state index in [1.807, 2.05) is 78.9 Å². The van der Waals surface area contributed by atoms with Crippen molar-refractivity contribution in [1.29, 1.82) is 0 Å². The molecule has 0 unspecified atom stereocenters. The van der Waals surface area contributed by atoms with E-state index in [2.05, 4.69) is 5.32 Å². The Kier molecular flexibility index (Phi) is 6.50. The summed E-state index contributed by atoms with van der Waals surface area (Å²) in [5, 5.41) is 2.96. The minimum absolute atomic E-state index is 0.230. The number of allylic oxidation sites excluding steroid dienone is 1. The van der Waals surface area contributed by atoms with Gasteiger partial charge in [0, 0.05) is 5.69 Å². The van der Waals surface area contributed by atoms with Crippen molar-refractivity contribution >= 4 is 29.0 Å². The molecule has 1 atom stereocenters. The van der Waals surface area contributed by atoms with E-state index in [0.29, 0.717) is 56.8 Å². The van der Waals surface area contributed by atoms with Crippen molar-refractivity contribution < 1.29 is 19.0 Å². The summed E-state index contributed by atoms with van der Waals surface area (Å²) in [6.07, 6.45) is 1.82. The molecule has 9 heteroatoms. The van der Waals surface area contributed by atoms with Crippen LogP contribution in [0.2, 0.25) is 0 Å². The van der Waals surface area contributed by atoms with Gasteiger partial charge in [0.1, 0.15) is 19.0 Å². The van der Waals surface area contributed by atoms with Gasteiger partial charge in [-0.15, -0.1) is 0 Å². The number of benzene rings is 3. The van der Waals surface area contributed by atoms with E-state index in [1.54, 1.807) is 18.6 Å². The van der Waals surface area contributed by atoms with Crippen molar-refractivity contribution in [2.24, 2.45) is 4.99 Å². The van der Waals surface area contributed by atoms with Crippen LogP contribution in [-0.4, -0.2) is 30.8 Å². The fourth-order valence-electron chi connectivity index (χ4n) is 4.73. The first-order valence-corrected chi connectivity index (χ1v) is 13.3. The van der Waals surface area contributed by atoms with Gasteiger partial charge in [-0.3, -0.25) is 14.2 Å². The highest BCUT2D eigenvalue weighted by Crippen LogP contribution is 2.32. The first-order valence-electron chi connectivity index (χ1n) is 12.4. The maximum Gasteiger partial charge on any atom is 0.271 e. The van der Waals surface area contributed by atoms with Gasteiger partial charge in [0.2, 0.25) is 0 Å². The minimum Gasteiger partial charge on any atom is -0.497 e. The Hall–Kier alpha value is -4.63. The van der Waals surface area contributed by atoms with Crippen molar-refractivity contribution in [2.45, 2.75) is 13.0 Å². The average molecular weight is 540 g/mol. The van der Waals surface area contributed by atoms with E-state index in [-0.39, 0.29) is 11.5 Å². The van der Waals surface area contributed by atoms with Gasteiger partial charge in [-0.25, -0.2) is 4.99 Å². The lowest BCUT2D eigenvalue weighted by molar-refractivity contribution is -0.113. The Labute approximate surface area is 228 Å². The summed E-state index contributed by atoms with van der Waals surface area (Å²) >= 11 is 1.29. The van der Waals surface area contributed by atoms with Crippen LogP contribution in [0.5, 0.6) is 17.2 Å². The molecule has 0 aliphatic carbocycles. The molecule has 2 aliphatic rings. The van der Waals surface area contributed by atoms with Crippen molar-refractivity contribution in [3.63, 3.8) is 0 Å². The first kappa shape index (κ1) is 24.7. The zero-order chi connectivity index (χ0) is 26.9. The quantitative estimate of drug-likeness (QED) is 0.418. The number of nitrogens with zero attached hydrogens (tertiary/aromatic N) is 2. The second kappa shape index (κ2) is 10.3. The summed E-state index contributed by atoms with van der Waals surface area (Å²) in [4.78, 5) is 32.8. The molecule has 3 heterocycles. The molecular formula is C30H25N3O5S. The summed E-state index contributed by atoms with van der Waals surface area (Å²) in [6.45, 7) is 2.79. The average Bonchev–Trinajstić information content (AvgIpc) is 3.26. The number of hydrogen-bond acceptors (Lipinski definition) is 7. The fraction of sp³-hybridized carbons (Fsp3) is 0.167. The van der Waals surface area contributed by atoms with Crippen LogP contribution in [0.3, 0.4) is 0 Å². The van der Waals surface area contributed by atoms with Gasteiger partial charge in [0.25, 0.3) is 11.5 Å². The number of anilines is 1. The van der Waals surface area contributed by atoms with Crippen molar-refractivity contribution in [3.8, 4) is 17.2 Å². The summed E-state index contributed by atoms with van der Waals surface area (Å²) in [5.41, 5.74) is 2.97. The van der Waals surface area contributed by atoms with Crippen LogP contribution >= 0.6 is 11.3 Å². The molecule has 0 saturated carbocycles. The van der Waals surface area contributed by atoms with Crippen LogP contribution in [0.15, 0.2) is 93.9 Å². The standard InChI is InChI=1S/C30H25N3O5S/c1-18-26(28(34)32-21-6-4-3-5-7-21)27(20-9-11-22(36-2)12-10-20)33-29(35)25(39-30(33)31-18)17-19-8-13-23-24(16-19)38-15-14-37-23/h3-13,16-17,27H,14-15H2,1-2H3,(H,32,34)/b25-17+/t27-/m0/s1. The molecule has 0 bridgehead atoms. The van der Waals surface area contributed by atoms with Gasteiger partial charge in [-0.1, -0.05) is 47.7 Å². The third-order valence-corrected chi connectivity index (χ3v) is 7.58. The smallest absolute Gasteiger partial charge is 0.271 e. The number of methoxy groups -OCH3 is 1. The maximum atomic E-state index is 13.9. The van der Waals surface area contributed by atoms with E-state index < -0.39 is 6.04 Å². The number of carbonyl (C=O) groups excluding carboxylic acids is 1. The van der Waals surface area contributed by atoms with Crippen molar-refractivity contribution in [2.75, 3.05) is 25.6 Å². The molecule has 0 saturated heterocycles. The maximum absolute atomic E-state index is 13.9. The van der Waals surface area contributed by atoms with Crippen LogP contribution in [0.1, 0.15) is 24.1 Å². The molecule has 2 aliphatic heterocycles. The number of fused-ring (bicyclic) bond motifs is 2. The Morgan fingerprint density at radius 2 is 1.79 bits per heavy atom. The Morgan fingerprint density at radius 3 is 2.54 bits per heavy atom. The summed E-state index contributed by atoms with van der Waals surface area (Å²) < 4.78 is 18.8. The summed E-state index contributed by atoms with van der Waals surface area (Å²) in [7, 11) is 1.60. The third kappa shape index (κ3) is 4.72. The Balaban J connectivity index is 1.48. The molecule has 1 amide bonds. The van der Waals surface area contributed by atoms with Gasteiger partial charge in [0.15, 0.2) is 16.3 Å². The number of nitrogens with one attached hydrogen (secondary N) is 1. The highest BCUT2D eigenvalue weighted by atomic mass is 32.1. The summed E-state index contributed by atoms with van der Waals surface area (Å²) in [6, 6.07) is 21.5. The van der Waals surface area contributed by atoms with Crippen LogP contribution in [0, 0.1) is 0 Å². The van der Waals surface area contributed by atoms with Crippen LogP contribution in [0.25, 0.3) is 6.08 Å². The van der Waals surface area contributed by atoms with Gasteiger partial charge >= 0.3 is 0 Å². The topological polar surface area (TPSA) is 91.2 Å².